The molecule has 54 heavy (non-hydrogen) atoms. The Morgan fingerprint density at radius 1 is 0.611 bits per heavy atom. The molecule has 0 heterocycles. The predicted molar refractivity (Wildman–Crippen MR) is 209 cm³/mol. The minimum atomic E-state index is -0.531. The second-order valence-corrected chi connectivity index (χ2v) is 12.5. The van der Waals surface area contributed by atoms with E-state index >= 15 is 0 Å². The van der Waals surface area contributed by atoms with Gasteiger partial charge in [0.2, 0.25) is 22.9 Å². The molecule has 7 rings (SSSR count). The van der Waals surface area contributed by atoms with Crippen LogP contribution < -0.4 is 18.9 Å². The largest absolute Gasteiger partial charge is 0.507 e. The third kappa shape index (κ3) is 6.63. The maximum atomic E-state index is 13.7. The van der Waals surface area contributed by atoms with E-state index in [2.05, 4.69) is 0 Å². The molecular weight excluding hydrogens is 684 g/mol. The maximum Gasteiger partial charge on any atom is 0.215 e. The summed E-state index contributed by atoms with van der Waals surface area (Å²) in [5, 5.41) is 53.0. The number of ketones is 1. The Balaban J connectivity index is 1.24. The van der Waals surface area contributed by atoms with E-state index in [4.69, 9.17) is 9.47 Å². The molecule has 2 aliphatic rings. The summed E-state index contributed by atoms with van der Waals surface area (Å²) < 4.78 is 12.6. The number of aromatic hydroxyl groups is 1. The van der Waals surface area contributed by atoms with Gasteiger partial charge in [0.05, 0.1) is 44.7 Å². The number of Topliss-reactive ketones (excluding diaryl/α,β-unsaturated/α-hetero) is 1. The van der Waals surface area contributed by atoms with Crippen molar-refractivity contribution >= 4 is 45.5 Å². The molecule has 0 unspecified atom stereocenters. The van der Waals surface area contributed by atoms with Crippen LogP contribution in [0.25, 0.3) is 5.57 Å². The molecule has 0 radical (unpaired) electrons. The fourth-order valence-electron chi connectivity index (χ4n) is 6.50. The zero-order chi connectivity index (χ0) is 37.9. The first kappa shape index (κ1) is 35.5. The lowest BCUT2D eigenvalue weighted by Crippen LogP contribution is -2.24. The topological polar surface area (TPSA) is 143 Å². The fourth-order valence-corrected chi connectivity index (χ4v) is 6.50. The molecule has 5 N–H and O–H groups in total. The number of anilines is 3. The van der Waals surface area contributed by atoms with Crippen LogP contribution in [0.15, 0.2) is 156 Å². The lowest BCUT2D eigenvalue weighted by molar-refractivity contribution is -0.111. The summed E-state index contributed by atoms with van der Waals surface area (Å²) in [5.74, 6) is 0.0400. The number of carbonyl (C=O) groups excluding carboxylic acids is 1. The lowest BCUT2D eigenvalue weighted by Gasteiger charge is -2.28. The van der Waals surface area contributed by atoms with E-state index in [1.54, 1.807) is 62.8 Å². The highest BCUT2D eigenvalue weighted by Gasteiger charge is 2.39. The molecule has 0 saturated carbocycles. The van der Waals surface area contributed by atoms with Crippen molar-refractivity contribution in [2.75, 3.05) is 19.1 Å². The van der Waals surface area contributed by atoms with E-state index in [0.717, 1.165) is 33.9 Å². The molecule has 0 fully saturated rings. The number of carbonyl (C=O) groups is 1. The molecule has 2 aliphatic carbocycles. The molecular formula is C44H37N2O8+. The molecule has 5 aromatic carbocycles. The Morgan fingerprint density at radius 2 is 1.11 bits per heavy atom. The van der Waals surface area contributed by atoms with Crippen molar-refractivity contribution in [3.05, 3.63) is 173 Å². The van der Waals surface area contributed by atoms with Crippen molar-refractivity contribution in [1.29, 1.82) is 0 Å². The first-order chi connectivity index (χ1) is 26.2. The third-order valence-electron chi connectivity index (χ3n) is 9.36. The molecule has 0 atom stereocenters. The number of aliphatic hydroxyl groups excluding tert-OH is 4. The van der Waals surface area contributed by atoms with Crippen molar-refractivity contribution in [3.8, 4) is 17.2 Å². The van der Waals surface area contributed by atoms with Crippen LogP contribution >= 0.6 is 0 Å². The summed E-state index contributed by atoms with van der Waals surface area (Å²) in [4.78, 5) is 15.6. The molecule has 270 valence electrons. The van der Waals surface area contributed by atoms with Gasteiger partial charge in [-0.25, -0.2) is 0 Å². The van der Waals surface area contributed by atoms with Gasteiger partial charge in [-0.2, -0.15) is 4.58 Å². The summed E-state index contributed by atoms with van der Waals surface area (Å²) in [5.41, 5.74) is 5.83. The van der Waals surface area contributed by atoms with Gasteiger partial charge in [0.1, 0.15) is 28.8 Å². The standard InChI is InChI=1S/C44H36N2O8/c1-53-35-17-11-31(12-18-35)46(32-13-19-36(54-2)20-14-32)34-16-22-38(40(50)24-34)42-43(51)41(44(42)52)37-21-15-33(23-39(37)49)45(29-7-3-27(25-47)4-8-29)30-9-5-28(26-48)6-10-30/h3-24,47-48H,25-26H2,1-2H3,(H2,49,50,51,52)/p+1. The summed E-state index contributed by atoms with van der Waals surface area (Å²) in [7, 11) is 3.18. The smallest absolute Gasteiger partial charge is 0.215 e. The minimum absolute atomic E-state index is 0.0625. The summed E-state index contributed by atoms with van der Waals surface area (Å²) in [6.45, 7) is -0.222. The number of allylic oxidation sites excluding steroid dienone is 5. The fraction of sp³-hybridized carbons (Fsp3) is 0.0909. The molecule has 10 nitrogen and oxygen atoms in total. The number of phenols is 1. The van der Waals surface area contributed by atoms with Crippen molar-refractivity contribution in [1.82, 2.24) is 4.58 Å². The van der Waals surface area contributed by atoms with Gasteiger partial charge in [0.15, 0.2) is 0 Å². The van der Waals surface area contributed by atoms with Crippen LogP contribution in [0.3, 0.4) is 0 Å². The van der Waals surface area contributed by atoms with E-state index in [-0.39, 0.29) is 52.8 Å². The Hall–Kier alpha value is -6.88. The van der Waals surface area contributed by atoms with Gasteiger partial charge < -0.3 is 39.9 Å². The van der Waals surface area contributed by atoms with E-state index in [0.29, 0.717) is 22.9 Å². The Bertz CT molecular complexity index is 2290. The van der Waals surface area contributed by atoms with Crippen LogP contribution in [-0.2, 0) is 18.0 Å². The maximum absolute atomic E-state index is 13.7. The molecule has 0 bridgehead atoms. The SMILES string of the molecule is COc1ccc([N+](=C2C=C/C(=C3/C(=O)C(c4ccc(N(c5ccc(CO)cc5)c5ccc(CO)cc5)cc4O)=C3O)C(O)=C2)c2ccc(OC)cc2)cc1. The normalized spacial score (nSPS) is 15.1. The molecule has 10 heteroatoms. The zero-order valence-corrected chi connectivity index (χ0v) is 29.5. The molecule has 5 aromatic rings. The van der Waals surface area contributed by atoms with Gasteiger partial charge in [-0.1, -0.05) is 24.3 Å². The Morgan fingerprint density at radius 3 is 1.54 bits per heavy atom. The van der Waals surface area contributed by atoms with Crippen LogP contribution in [0.4, 0.5) is 28.4 Å². The number of ether oxygens (including phenoxy) is 2. The van der Waals surface area contributed by atoms with Gasteiger partial charge in [-0.05, 0) is 77.9 Å². The molecule has 0 aromatic heterocycles. The van der Waals surface area contributed by atoms with Gasteiger partial charge in [0, 0.05) is 64.6 Å². The average Bonchev–Trinajstić information content (AvgIpc) is 3.21. The highest BCUT2D eigenvalue weighted by molar-refractivity contribution is 6.40. The van der Waals surface area contributed by atoms with Crippen LogP contribution in [0.1, 0.15) is 16.7 Å². The number of aliphatic hydroxyl groups is 4. The molecule has 0 aliphatic heterocycles. The number of hydrogen-bond donors (Lipinski definition) is 5. The quantitative estimate of drug-likeness (QED) is 0.0716. The van der Waals surface area contributed by atoms with Crippen LogP contribution in [0.2, 0.25) is 0 Å². The molecule has 0 spiro atoms. The Labute approximate surface area is 311 Å². The van der Waals surface area contributed by atoms with Gasteiger partial charge >= 0.3 is 0 Å². The second-order valence-electron chi connectivity index (χ2n) is 12.5. The van der Waals surface area contributed by atoms with Crippen molar-refractivity contribution < 1.29 is 39.8 Å². The van der Waals surface area contributed by atoms with Crippen LogP contribution in [0, 0.1) is 0 Å². The monoisotopic (exact) mass is 721 g/mol. The third-order valence-corrected chi connectivity index (χ3v) is 9.36. The van der Waals surface area contributed by atoms with Crippen molar-refractivity contribution in [2.24, 2.45) is 0 Å². The highest BCUT2D eigenvalue weighted by atomic mass is 16.5. The number of methoxy groups -OCH3 is 2. The number of nitrogens with zero attached hydrogens (tertiary/aromatic N) is 2. The predicted octanol–water partition coefficient (Wildman–Crippen LogP) is 8.00. The van der Waals surface area contributed by atoms with Gasteiger partial charge in [-0.3, -0.25) is 4.79 Å². The lowest BCUT2D eigenvalue weighted by atomic mass is 9.79. The number of hydrogen-bond acceptors (Lipinski definition) is 9. The average molecular weight is 722 g/mol. The van der Waals surface area contributed by atoms with E-state index in [1.165, 1.54) is 12.1 Å². The summed E-state index contributed by atoms with van der Waals surface area (Å²) >= 11 is 0. The second kappa shape index (κ2) is 15.0. The molecule has 0 amide bonds. The van der Waals surface area contributed by atoms with Crippen molar-refractivity contribution in [2.45, 2.75) is 13.2 Å². The first-order valence-electron chi connectivity index (χ1n) is 17.0. The summed E-state index contributed by atoms with van der Waals surface area (Å²) in [6.07, 6.45) is 4.85. The van der Waals surface area contributed by atoms with Gasteiger partial charge in [0.25, 0.3) is 0 Å². The number of benzene rings is 5. The zero-order valence-electron chi connectivity index (χ0n) is 29.5. The van der Waals surface area contributed by atoms with E-state index in [1.807, 2.05) is 82.3 Å². The van der Waals surface area contributed by atoms with Crippen molar-refractivity contribution in [3.63, 3.8) is 0 Å². The number of rotatable bonds is 10. The molecule has 0 saturated heterocycles. The minimum Gasteiger partial charge on any atom is -0.507 e. The van der Waals surface area contributed by atoms with Crippen LogP contribution in [-0.4, -0.2) is 51.2 Å². The van der Waals surface area contributed by atoms with E-state index < -0.39 is 5.78 Å². The highest BCUT2D eigenvalue weighted by Crippen LogP contribution is 2.45. The van der Waals surface area contributed by atoms with E-state index in [9.17, 15) is 30.3 Å². The van der Waals surface area contributed by atoms with Crippen LogP contribution in [0.5, 0.6) is 17.2 Å². The number of phenolic OH excluding ortho intramolecular Hbond substituents is 1. The summed E-state index contributed by atoms with van der Waals surface area (Å²) in [6, 6.07) is 34.2. The first-order valence-corrected chi connectivity index (χ1v) is 17.0. The van der Waals surface area contributed by atoms with Gasteiger partial charge in [-0.15, -0.1) is 0 Å². The Kier molecular flexibility index (Phi) is 9.87.